The third-order valence-electron chi connectivity index (χ3n) is 4.16. The van der Waals surface area contributed by atoms with E-state index in [2.05, 4.69) is 10.4 Å². The number of benzene rings is 1. The van der Waals surface area contributed by atoms with Gasteiger partial charge in [0.15, 0.2) is 0 Å². The maximum absolute atomic E-state index is 12.1. The number of halogens is 1. The van der Waals surface area contributed by atoms with E-state index in [0.717, 1.165) is 12.8 Å². The molecule has 8 heteroatoms. The first-order valence-electron chi connectivity index (χ1n) is 7.82. The summed E-state index contributed by atoms with van der Waals surface area (Å²) in [6.07, 6.45) is 6.35. The zero-order valence-electron chi connectivity index (χ0n) is 13.0. The Bertz CT molecular complexity index is 788. The summed E-state index contributed by atoms with van der Waals surface area (Å²) in [6.45, 7) is 0.986. The lowest BCUT2D eigenvalue weighted by Crippen LogP contribution is -2.28. The van der Waals surface area contributed by atoms with Crippen LogP contribution in [0.4, 0.5) is 5.69 Å². The number of nitrogens with one attached hydrogen (secondary N) is 1. The van der Waals surface area contributed by atoms with Crippen molar-refractivity contribution in [2.45, 2.75) is 32.2 Å². The van der Waals surface area contributed by atoms with E-state index in [1.807, 2.05) is 10.9 Å². The zero-order chi connectivity index (χ0) is 17.1. The summed E-state index contributed by atoms with van der Waals surface area (Å²) in [4.78, 5) is 22.4. The molecule has 0 spiro atoms. The summed E-state index contributed by atoms with van der Waals surface area (Å²) >= 11 is 5.75. The van der Waals surface area contributed by atoms with Crippen molar-refractivity contribution in [1.82, 2.24) is 15.1 Å². The van der Waals surface area contributed by atoms with Crippen LogP contribution in [0.25, 0.3) is 0 Å². The summed E-state index contributed by atoms with van der Waals surface area (Å²) in [5, 5.41) is 18.0. The number of nitro groups is 1. The predicted molar refractivity (Wildman–Crippen MR) is 89.3 cm³/mol. The Kier molecular flexibility index (Phi) is 4.80. The van der Waals surface area contributed by atoms with E-state index < -0.39 is 4.92 Å². The van der Waals surface area contributed by atoms with Gasteiger partial charge in [0.2, 0.25) is 0 Å². The van der Waals surface area contributed by atoms with Gasteiger partial charge in [0.1, 0.15) is 5.02 Å². The van der Waals surface area contributed by atoms with Crippen LogP contribution in [0.3, 0.4) is 0 Å². The number of amides is 1. The molecule has 1 amide bonds. The molecule has 1 aliphatic rings. The van der Waals surface area contributed by atoms with Crippen molar-refractivity contribution in [3.05, 3.63) is 56.4 Å². The Morgan fingerprint density at radius 1 is 1.38 bits per heavy atom. The number of nitro benzene ring substituents is 1. The minimum Gasteiger partial charge on any atom is -0.350 e. The van der Waals surface area contributed by atoms with Crippen molar-refractivity contribution in [3.8, 4) is 0 Å². The van der Waals surface area contributed by atoms with E-state index in [0.29, 0.717) is 13.1 Å². The smallest absolute Gasteiger partial charge is 0.288 e. The molecule has 1 aliphatic carbocycles. The lowest BCUT2D eigenvalue weighted by molar-refractivity contribution is -0.384. The molecule has 0 fully saturated rings. The quantitative estimate of drug-likeness (QED) is 0.664. The second-order valence-corrected chi connectivity index (χ2v) is 6.13. The molecule has 1 aromatic heterocycles. The molecule has 1 N–H and O–H groups in total. The van der Waals surface area contributed by atoms with Crippen molar-refractivity contribution in [2.24, 2.45) is 0 Å². The molecule has 0 unspecified atom stereocenters. The lowest BCUT2D eigenvalue weighted by atomic mass is 9.98. The van der Waals surface area contributed by atoms with Gasteiger partial charge < -0.3 is 5.32 Å². The number of rotatable bonds is 5. The second kappa shape index (κ2) is 7.00. The highest BCUT2D eigenvalue weighted by atomic mass is 35.5. The molecule has 0 bridgehead atoms. The van der Waals surface area contributed by atoms with Gasteiger partial charge in [0.05, 0.1) is 17.7 Å². The van der Waals surface area contributed by atoms with Gasteiger partial charge in [-0.1, -0.05) is 11.6 Å². The second-order valence-electron chi connectivity index (χ2n) is 5.73. The third kappa shape index (κ3) is 3.41. The third-order valence-corrected chi connectivity index (χ3v) is 4.48. The number of nitrogens with zero attached hydrogens (tertiary/aromatic N) is 3. The Morgan fingerprint density at radius 2 is 2.17 bits per heavy atom. The fourth-order valence-electron chi connectivity index (χ4n) is 2.92. The molecule has 0 saturated carbocycles. The van der Waals surface area contributed by atoms with Gasteiger partial charge in [0, 0.05) is 23.9 Å². The average molecular weight is 349 g/mol. The summed E-state index contributed by atoms with van der Waals surface area (Å²) in [7, 11) is 0. The Labute approximate surface area is 143 Å². The molecule has 3 rings (SSSR count). The van der Waals surface area contributed by atoms with E-state index in [1.165, 1.54) is 42.3 Å². The van der Waals surface area contributed by atoms with Crippen molar-refractivity contribution in [1.29, 1.82) is 0 Å². The van der Waals surface area contributed by atoms with Crippen molar-refractivity contribution < 1.29 is 9.72 Å². The molecular formula is C16H17ClN4O3. The van der Waals surface area contributed by atoms with Crippen LogP contribution in [-0.4, -0.2) is 27.2 Å². The summed E-state index contributed by atoms with van der Waals surface area (Å²) in [5.41, 5.74) is 2.48. The molecule has 1 aromatic carbocycles. The number of carbonyl (C=O) groups excluding carboxylic acids is 1. The highest BCUT2D eigenvalue weighted by molar-refractivity contribution is 6.32. The van der Waals surface area contributed by atoms with Gasteiger partial charge >= 0.3 is 0 Å². The van der Waals surface area contributed by atoms with Crippen LogP contribution in [0, 0.1) is 10.1 Å². The fraction of sp³-hybridized carbons (Fsp3) is 0.375. The van der Waals surface area contributed by atoms with Gasteiger partial charge in [0.25, 0.3) is 11.6 Å². The van der Waals surface area contributed by atoms with Crippen LogP contribution >= 0.6 is 11.6 Å². The molecule has 0 saturated heterocycles. The van der Waals surface area contributed by atoms with Gasteiger partial charge in [-0.2, -0.15) is 5.10 Å². The van der Waals surface area contributed by atoms with E-state index in [4.69, 9.17) is 11.6 Å². The van der Waals surface area contributed by atoms with Crippen molar-refractivity contribution in [3.63, 3.8) is 0 Å². The van der Waals surface area contributed by atoms with Crippen molar-refractivity contribution >= 4 is 23.2 Å². The molecule has 0 atom stereocenters. The Hall–Kier alpha value is -2.41. The molecule has 1 heterocycles. The Balaban J connectivity index is 1.61. The first kappa shape index (κ1) is 16.4. The van der Waals surface area contributed by atoms with Crippen LogP contribution < -0.4 is 5.32 Å². The molecule has 24 heavy (non-hydrogen) atoms. The zero-order valence-corrected chi connectivity index (χ0v) is 13.8. The van der Waals surface area contributed by atoms with Crippen LogP contribution in [0.15, 0.2) is 24.4 Å². The molecule has 7 nitrogen and oxygen atoms in total. The van der Waals surface area contributed by atoms with E-state index in [9.17, 15) is 14.9 Å². The fourth-order valence-corrected chi connectivity index (χ4v) is 3.11. The average Bonchev–Trinajstić information content (AvgIpc) is 2.98. The van der Waals surface area contributed by atoms with Gasteiger partial charge in [-0.3, -0.25) is 19.6 Å². The highest BCUT2D eigenvalue weighted by Gasteiger charge is 2.17. The normalized spacial score (nSPS) is 13.4. The number of carbonyl (C=O) groups is 1. The number of aromatic nitrogens is 2. The first-order chi connectivity index (χ1) is 11.6. The van der Waals surface area contributed by atoms with Crippen molar-refractivity contribution in [2.75, 3.05) is 6.54 Å². The summed E-state index contributed by atoms with van der Waals surface area (Å²) in [5.74, 6) is -0.365. The van der Waals surface area contributed by atoms with Crippen LogP contribution in [0.2, 0.25) is 5.02 Å². The van der Waals surface area contributed by atoms with Gasteiger partial charge in [-0.25, -0.2) is 0 Å². The largest absolute Gasteiger partial charge is 0.350 e. The summed E-state index contributed by atoms with van der Waals surface area (Å²) < 4.78 is 1.93. The van der Waals surface area contributed by atoms with Gasteiger partial charge in [-0.05, 0) is 43.4 Å². The molecule has 2 aromatic rings. The highest BCUT2D eigenvalue weighted by Crippen LogP contribution is 2.25. The maximum Gasteiger partial charge on any atom is 0.288 e. The topological polar surface area (TPSA) is 90.1 Å². The van der Waals surface area contributed by atoms with E-state index in [-0.39, 0.29) is 22.2 Å². The number of fused-ring (bicyclic) bond motifs is 1. The number of hydrogen-bond acceptors (Lipinski definition) is 4. The van der Waals surface area contributed by atoms with Crippen LogP contribution in [0.5, 0.6) is 0 Å². The minimum absolute atomic E-state index is 0.0136. The Morgan fingerprint density at radius 3 is 2.96 bits per heavy atom. The predicted octanol–water partition coefficient (Wildman–Crippen LogP) is 2.75. The monoisotopic (exact) mass is 348 g/mol. The maximum atomic E-state index is 12.1. The van der Waals surface area contributed by atoms with E-state index in [1.54, 1.807) is 0 Å². The SMILES string of the molecule is O=C(NCCn1ncc2c1CCCC2)c1ccc(Cl)c([N+](=O)[O-])c1. The summed E-state index contributed by atoms with van der Waals surface area (Å²) in [6, 6.07) is 4.02. The molecule has 0 aliphatic heterocycles. The molecule has 126 valence electrons. The minimum atomic E-state index is -0.602. The van der Waals surface area contributed by atoms with Crippen LogP contribution in [0.1, 0.15) is 34.5 Å². The molecular weight excluding hydrogens is 332 g/mol. The number of aryl methyl sites for hydroxylation is 1. The van der Waals surface area contributed by atoms with Crippen LogP contribution in [-0.2, 0) is 19.4 Å². The first-order valence-corrected chi connectivity index (χ1v) is 8.20. The number of hydrogen-bond donors (Lipinski definition) is 1. The molecule has 0 radical (unpaired) electrons. The standard InChI is InChI=1S/C16H17ClN4O3/c17-13-6-5-11(9-15(13)21(23)24)16(22)18-7-8-20-14-4-2-1-3-12(14)10-19-20/h5-6,9-10H,1-4,7-8H2,(H,18,22). The van der Waals surface area contributed by atoms with Gasteiger partial charge in [-0.15, -0.1) is 0 Å². The van der Waals surface area contributed by atoms with E-state index >= 15 is 0 Å². The lowest BCUT2D eigenvalue weighted by Gasteiger charge is -2.14.